The van der Waals surface area contributed by atoms with Gasteiger partial charge in [0.2, 0.25) is 0 Å². The molecule has 0 amide bonds. The van der Waals surface area contributed by atoms with Crippen molar-refractivity contribution in [1.82, 2.24) is 0 Å². The largest absolute Gasteiger partial charge is 0.206 e. The van der Waals surface area contributed by atoms with Gasteiger partial charge in [0.25, 0.3) is 0 Å². The second-order valence-electron chi connectivity index (χ2n) is 2.76. The van der Waals surface area contributed by atoms with Crippen LogP contribution in [0.2, 0.25) is 0 Å². The molecule has 0 bridgehead atoms. The first kappa shape index (κ1) is 9.28. The molecule has 0 heterocycles. The Hall–Kier alpha value is -1.28. The van der Waals surface area contributed by atoms with Crippen LogP contribution in [0.15, 0.2) is 58.3 Å². The van der Waals surface area contributed by atoms with Crippen LogP contribution in [0.1, 0.15) is 0 Å². The third-order valence-corrected chi connectivity index (χ3v) is 2.76. The number of hydrogen-bond acceptors (Lipinski definition) is 1. The van der Waals surface area contributed by atoms with Gasteiger partial charge in [0.1, 0.15) is 5.82 Å². The zero-order chi connectivity index (χ0) is 9.80. The minimum Gasteiger partial charge on any atom is -0.206 e. The molecule has 0 unspecified atom stereocenters. The van der Waals surface area contributed by atoms with Crippen molar-refractivity contribution in [2.45, 2.75) is 9.79 Å². The van der Waals surface area contributed by atoms with Crippen LogP contribution in [0.5, 0.6) is 0 Å². The van der Waals surface area contributed by atoms with Gasteiger partial charge in [-0.05, 0) is 24.3 Å². The molecule has 0 saturated carbocycles. The van der Waals surface area contributed by atoms with Crippen molar-refractivity contribution in [3.63, 3.8) is 0 Å². The zero-order valence-electron chi connectivity index (χ0n) is 7.41. The lowest BCUT2D eigenvalue weighted by Crippen LogP contribution is -1.79. The van der Waals surface area contributed by atoms with Crippen LogP contribution in [0.25, 0.3) is 0 Å². The molecule has 69 valence electrons. The van der Waals surface area contributed by atoms with Gasteiger partial charge in [-0.3, -0.25) is 0 Å². The van der Waals surface area contributed by atoms with Gasteiger partial charge >= 0.3 is 0 Å². The predicted octanol–water partition coefficient (Wildman–Crippen LogP) is 3.78. The molecule has 0 saturated heterocycles. The highest BCUT2D eigenvalue weighted by atomic mass is 32.2. The minimum atomic E-state index is -0.185. The molecule has 0 fully saturated rings. The average Bonchev–Trinajstić information content (AvgIpc) is 2.23. The third-order valence-electron chi connectivity index (χ3n) is 1.74. The molecule has 0 aromatic heterocycles. The normalized spacial score (nSPS) is 10.1. The molecule has 0 aliphatic carbocycles. The first-order chi connectivity index (χ1) is 6.86. The molecular formula is C12H8FS. The van der Waals surface area contributed by atoms with E-state index in [4.69, 9.17) is 0 Å². The van der Waals surface area contributed by atoms with Crippen LogP contribution in [-0.2, 0) is 0 Å². The summed E-state index contributed by atoms with van der Waals surface area (Å²) in [5.74, 6) is -0.185. The van der Waals surface area contributed by atoms with Gasteiger partial charge in [0.05, 0.1) is 0 Å². The van der Waals surface area contributed by atoms with E-state index in [0.29, 0.717) is 4.90 Å². The maximum absolute atomic E-state index is 13.2. The Labute approximate surface area is 86.8 Å². The van der Waals surface area contributed by atoms with Crippen molar-refractivity contribution in [3.05, 3.63) is 60.4 Å². The monoisotopic (exact) mass is 203 g/mol. The average molecular weight is 203 g/mol. The smallest absolute Gasteiger partial charge is 0.137 e. The SMILES string of the molecule is Fc1ccccc1Sc1[c]cccc1. The fourth-order valence-electron chi connectivity index (χ4n) is 1.09. The van der Waals surface area contributed by atoms with Gasteiger partial charge in [-0.15, -0.1) is 0 Å². The molecule has 2 aromatic carbocycles. The van der Waals surface area contributed by atoms with Crippen LogP contribution in [-0.4, -0.2) is 0 Å². The third kappa shape index (κ3) is 2.15. The predicted molar refractivity (Wildman–Crippen MR) is 55.8 cm³/mol. The summed E-state index contributed by atoms with van der Waals surface area (Å²) < 4.78 is 13.2. The molecule has 0 atom stereocenters. The highest BCUT2D eigenvalue weighted by Crippen LogP contribution is 2.28. The van der Waals surface area contributed by atoms with Crippen LogP contribution >= 0.6 is 11.8 Å². The topological polar surface area (TPSA) is 0 Å². The van der Waals surface area contributed by atoms with Crippen LogP contribution in [0, 0.1) is 11.9 Å². The lowest BCUT2D eigenvalue weighted by atomic mass is 10.3. The van der Waals surface area contributed by atoms with Crippen molar-refractivity contribution in [2.24, 2.45) is 0 Å². The number of hydrogen-bond donors (Lipinski definition) is 0. The fraction of sp³-hybridized carbons (Fsp3) is 0. The Morgan fingerprint density at radius 2 is 1.79 bits per heavy atom. The molecule has 0 nitrogen and oxygen atoms in total. The number of benzene rings is 2. The zero-order valence-corrected chi connectivity index (χ0v) is 8.22. The van der Waals surface area contributed by atoms with Crippen LogP contribution in [0.3, 0.4) is 0 Å². The van der Waals surface area contributed by atoms with E-state index >= 15 is 0 Å². The molecule has 2 heteroatoms. The molecule has 1 radical (unpaired) electrons. The Morgan fingerprint density at radius 1 is 1.00 bits per heavy atom. The Balaban J connectivity index is 2.24. The summed E-state index contributed by atoms with van der Waals surface area (Å²) in [7, 11) is 0. The summed E-state index contributed by atoms with van der Waals surface area (Å²) in [5, 5.41) is 0. The number of rotatable bonds is 2. The molecule has 14 heavy (non-hydrogen) atoms. The van der Waals surface area contributed by atoms with Gasteiger partial charge in [0, 0.05) is 9.79 Å². The van der Waals surface area contributed by atoms with Gasteiger partial charge in [0.15, 0.2) is 0 Å². The van der Waals surface area contributed by atoms with E-state index in [1.54, 1.807) is 12.1 Å². The molecule has 2 aromatic rings. The van der Waals surface area contributed by atoms with Crippen molar-refractivity contribution in [2.75, 3.05) is 0 Å². The molecule has 2 rings (SSSR count). The van der Waals surface area contributed by atoms with Gasteiger partial charge in [-0.2, -0.15) is 0 Å². The lowest BCUT2D eigenvalue weighted by Gasteiger charge is -2.01. The second kappa shape index (κ2) is 4.29. The minimum absolute atomic E-state index is 0.185. The molecule has 0 aliphatic rings. The molecule has 0 spiro atoms. The van der Waals surface area contributed by atoms with E-state index in [0.717, 1.165) is 4.90 Å². The van der Waals surface area contributed by atoms with Crippen molar-refractivity contribution in [3.8, 4) is 0 Å². The first-order valence-electron chi connectivity index (χ1n) is 4.25. The van der Waals surface area contributed by atoms with Crippen molar-refractivity contribution < 1.29 is 4.39 Å². The first-order valence-corrected chi connectivity index (χ1v) is 5.07. The molecule has 0 aliphatic heterocycles. The van der Waals surface area contributed by atoms with E-state index in [-0.39, 0.29) is 5.82 Å². The highest BCUT2D eigenvalue weighted by molar-refractivity contribution is 7.99. The van der Waals surface area contributed by atoms with Crippen LogP contribution in [0.4, 0.5) is 4.39 Å². The number of halogens is 1. The summed E-state index contributed by atoms with van der Waals surface area (Å²) in [6.45, 7) is 0. The Kier molecular flexibility index (Phi) is 2.84. The van der Waals surface area contributed by atoms with E-state index in [1.165, 1.54) is 17.8 Å². The van der Waals surface area contributed by atoms with E-state index in [1.807, 2.05) is 30.3 Å². The quantitative estimate of drug-likeness (QED) is 0.715. The Bertz CT molecular complexity index is 412. The fourth-order valence-corrected chi connectivity index (χ4v) is 1.91. The summed E-state index contributed by atoms with van der Waals surface area (Å²) in [4.78, 5) is 1.56. The van der Waals surface area contributed by atoms with E-state index < -0.39 is 0 Å². The Morgan fingerprint density at radius 3 is 2.50 bits per heavy atom. The summed E-state index contributed by atoms with van der Waals surface area (Å²) in [6, 6.07) is 17.3. The van der Waals surface area contributed by atoms with Crippen LogP contribution < -0.4 is 0 Å². The second-order valence-corrected chi connectivity index (χ2v) is 3.84. The maximum atomic E-state index is 13.2. The van der Waals surface area contributed by atoms with Gasteiger partial charge in [-0.1, -0.05) is 42.1 Å². The maximum Gasteiger partial charge on any atom is 0.137 e. The molecular weight excluding hydrogens is 195 g/mol. The standard InChI is InChI=1S/C12H8FS/c13-11-8-4-5-9-12(11)14-10-6-2-1-3-7-10/h1-6,8-9H. The summed E-state index contributed by atoms with van der Waals surface area (Å²) in [5.41, 5.74) is 0. The van der Waals surface area contributed by atoms with Crippen molar-refractivity contribution >= 4 is 11.8 Å². The van der Waals surface area contributed by atoms with Crippen molar-refractivity contribution in [1.29, 1.82) is 0 Å². The van der Waals surface area contributed by atoms with Gasteiger partial charge in [-0.25, -0.2) is 4.39 Å². The lowest BCUT2D eigenvalue weighted by molar-refractivity contribution is 0.602. The van der Waals surface area contributed by atoms with E-state index in [9.17, 15) is 4.39 Å². The highest BCUT2D eigenvalue weighted by Gasteiger charge is 2.01. The van der Waals surface area contributed by atoms with E-state index in [2.05, 4.69) is 6.07 Å². The molecule has 0 N–H and O–H groups in total. The van der Waals surface area contributed by atoms with Gasteiger partial charge < -0.3 is 0 Å². The summed E-state index contributed by atoms with van der Waals surface area (Å²) >= 11 is 1.38. The summed E-state index contributed by atoms with van der Waals surface area (Å²) in [6.07, 6.45) is 0.